The van der Waals surface area contributed by atoms with E-state index in [9.17, 15) is 12.8 Å². The van der Waals surface area contributed by atoms with Crippen LogP contribution < -0.4 is 4.72 Å². The van der Waals surface area contributed by atoms with E-state index in [2.05, 4.69) is 15.7 Å². The summed E-state index contributed by atoms with van der Waals surface area (Å²) in [7, 11) is -3.83. The zero-order valence-corrected chi connectivity index (χ0v) is 14.8. The molecule has 2 aromatic carbocycles. The summed E-state index contributed by atoms with van der Waals surface area (Å²) in [6.07, 6.45) is 6.90. The average molecular weight is 369 g/mol. The Labute approximate surface area is 151 Å². The van der Waals surface area contributed by atoms with Gasteiger partial charge in [0, 0.05) is 11.8 Å². The summed E-state index contributed by atoms with van der Waals surface area (Å²) >= 11 is 0. The van der Waals surface area contributed by atoms with Crippen LogP contribution in [0.5, 0.6) is 0 Å². The second-order valence-electron chi connectivity index (χ2n) is 5.68. The van der Waals surface area contributed by atoms with E-state index in [0.717, 1.165) is 0 Å². The van der Waals surface area contributed by atoms with Gasteiger partial charge in [0.2, 0.25) is 0 Å². The highest BCUT2D eigenvalue weighted by molar-refractivity contribution is 7.92. The molecule has 0 aliphatic carbocycles. The number of terminal acetylenes is 1. The van der Waals surface area contributed by atoms with Gasteiger partial charge in [-0.1, -0.05) is 36.3 Å². The lowest BCUT2D eigenvalue weighted by molar-refractivity contribution is 0.600. The zero-order chi connectivity index (χ0) is 18.7. The van der Waals surface area contributed by atoms with Crippen LogP contribution in [0.2, 0.25) is 0 Å². The molecular formula is C19H16FN3O2S. The fraction of sp³-hybridized carbons (Fsp3) is 0.105. The zero-order valence-electron chi connectivity index (χ0n) is 14.0. The number of sulfonamides is 1. The van der Waals surface area contributed by atoms with Gasteiger partial charge in [-0.2, -0.15) is 5.10 Å². The molecule has 7 heteroatoms. The number of aryl methyl sites for hydroxylation is 1. The minimum absolute atomic E-state index is 0.0901. The summed E-state index contributed by atoms with van der Waals surface area (Å²) in [6.45, 7) is 1.81. The SMILES string of the molecule is C#CCn1cc(-c2ccc(C)c(F)c2)c(NS(=O)(=O)c2ccccc2)n1. The molecule has 26 heavy (non-hydrogen) atoms. The van der Waals surface area contributed by atoms with E-state index in [0.29, 0.717) is 16.7 Å². The molecule has 1 heterocycles. The van der Waals surface area contributed by atoms with Crippen LogP contribution in [0.15, 0.2) is 59.6 Å². The number of nitrogens with zero attached hydrogens (tertiary/aromatic N) is 2. The fourth-order valence-corrected chi connectivity index (χ4v) is 3.47. The highest BCUT2D eigenvalue weighted by atomic mass is 32.2. The van der Waals surface area contributed by atoms with Gasteiger partial charge >= 0.3 is 0 Å². The highest BCUT2D eigenvalue weighted by Gasteiger charge is 2.20. The first kappa shape index (κ1) is 17.7. The van der Waals surface area contributed by atoms with Crippen molar-refractivity contribution in [2.75, 3.05) is 4.72 Å². The van der Waals surface area contributed by atoms with E-state index in [1.54, 1.807) is 43.5 Å². The summed E-state index contributed by atoms with van der Waals surface area (Å²) in [5.41, 5.74) is 1.44. The Bertz CT molecular complexity index is 1080. The molecule has 0 radical (unpaired) electrons. The number of nitrogens with one attached hydrogen (secondary N) is 1. The van der Waals surface area contributed by atoms with Gasteiger partial charge in [-0.05, 0) is 36.2 Å². The average Bonchev–Trinajstić information content (AvgIpc) is 3.00. The third-order valence-corrected chi connectivity index (χ3v) is 5.14. The maximum Gasteiger partial charge on any atom is 0.263 e. The van der Waals surface area contributed by atoms with Crippen molar-refractivity contribution in [2.45, 2.75) is 18.4 Å². The van der Waals surface area contributed by atoms with Gasteiger partial charge in [-0.25, -0.2) is 12.8 Å². The molecular weight excluding hydrogens is 353 g/mol. The molecule has 1 N–H and O–H groups in total. The minimum atomic E-state index is -3.83. The Morgan fingerprint density at radius 1 is 1.23 bits per heavy atom. The molecule has 0 atom stereocenters. The van der Waals surface area contributed by atoms with Crippen molar-refractivity contribution >= 4 is 15.8 Å². The van der Waals surface area contributed by atoms with Crippen molar-refractivity contribution in [3.63, 3.8) is 0 Å². The molecule has 1 aromatic heterocycles. The van der Waals surface area contributed by atoms with E-state index in [1.165, 1.54) is 22.9 Å². The summed E-state index contributed by atoms with van der Waals surface area (Å²) < 4.78 is 43.0. The Kier molecular flexibility index (Phi) is 4.78. The van der Waals surface area contributed by atoms with E-state index in [-0.39, 0.29) is 23.1 Å². The number of rotatable bonds is 5. The second kappa shape index (κ2) is 7.02. The van der Waals surface area contributed by atoms with Crippen LogP contribution in [0.25, 0.3) is 11.1 Å². The van der Waals surface area contributed by atoms with Crippen LogP contribution in [0, 0.1) is 25.1 Å². The number of aromatic nitrogens is 2. The topological polar surface area (TPSA) is 64.0 Å². The Morgan fingerprint density at radius 2 is 1.96 bits per heavy atom. The fourth-order valence-electron chi connectivity index (χ4n) is 2.43. The maximum absolute atomic E-state index is 14.0. The van der Waals surface area contributed by atoms with Crippen LogP contribution in [0.4, 0.5) is 10.2 Å². The normalized spacial score (nSPS) is 11.1. The molecule has 3 rings (SSSR count). The smallest absolute Gasteiger partial charge is 0.261 e. The standard InChI is InChI=1S/C19H16FN3O2S/c1-3-11-23-13-17(15-10-9-14(2)18(20)12-15)19(21-23)22-26(24,25)16-7-5-4-6-8-16/h1,4-10,12-13H,11H2,2H3,(H,21,22). The monoisotopic (exact) mass is 369 g/mol. The predicted molar refractivity (Wildman–Crippen MR) is 98.4 cm³/mol. The van der Waals surface area contributed by atoms with Crippen molar-refractivity contribution < 1.29 is 12.8 Å². The molecule has 0 amide bonds. The molecule has 0 aliphatic heterocycles. The summed E-state index contributed by atoms with van der Waals surface area (Å²) in [5, 5.41) is 4.20. The van der Waals surface area contributed by atoms with Crippen LogP contribution in [-0.4, -0.2) is 18.2 Å². The van der Waals surface area contributed by atoms with Gasteiger partial charge in [0.25, 0.3) is 10.0 Å². The third-order valence-electron chi connectivity index (χ3n) is 3.78. The Morgan fingerprint density at radius 3 is 2.62 bits per heavy atom. The first-order valence-electron chi connectivity index (χ1n) is 7.76. The van der Waals surface area contributed by atoms with Crippen LogP contribution >= 0.6 is 0 Å². The predicted octanol–water partition coefficient (Wildman–Crippen LogP) is 3.43. The van der Waals surface area contributed by atoms with Gasteiger partial charge in [0.15, 0.2) is 5.82 Å². The summed E-state index contributed by atoms with van der Waals surface area (Å²) in [6, 6.07) is 12.6. The lowest BCUT2D eigenvalue weighted by atomic mass is 10.1. The first-order valence-corrected chi connectivity index (χ1v) is 9.24. The number of hydrogen-bond acceptors (Lipinski definition) is 3. The number of anilines is 1. The van der Waals surface area contributed by atoms with Crippen LogP contribution in [0.3, 0.4) is 0 Å². The molecule has 3 aromatic rings. The molecule has 5 nitrogen and oxygen atoms in total. The molecule has 132 valence electrons. The highest BCUT2D eigenvalue weighted by Crippen LogP contribution is 2.30. The number of benzene rings is 2. The first-order chi connectivity index (χ1) is 12.4. The van der Waals surface area contributed by atoms with E-state index in [4.69, 9.17) is 6.42 Å². The van der Waals surface area contributed by atoms with E-state index < -0.39 is 10.0 Å². The second-order valence-corrected chi connectivity index (χ2v) is 7.36. The maximum atomic E-state index is 14.0. The summed E-state index contributed by atoms with van der Waals surface area (Å²) in [5.74, 6) is 2.15. The Hall–Kier alpha value is -3.11. The van der Waals surface area contributed by atoms with Crippen molar-refractivity contribution in [3.8, 4) is 23.5 Å². The quantitative estimate of drug-likeness (QED) is 0.701. The number of hydrogen-bond donors (Lipinski definition) is 1. The van der Waals surface area contributed by atoms with E-state index in [1.807, 2.05) is 0 Å². The largest absolute Gasteiger partial charge is 0.263 e. The molecule has 0 spiro atoms. The molecule has 0 fully saturated rings. The van der Waals surface area contributed by atoms with Gasteiger partial charge in [0.1, 0.15) is 12.4 Å². The van der Waals surface area contributed by atoms with Gasteiger partial charge in [-0.3, -0.25) is 9.40 Å². The number of halogens is 1. The van der Waals surface area contributed by atoms with Gasteiger partial charge in [-0.15, -0.1) is 6.42 Å². The van der Waals surface area contributed by atoms with Gasteiger partial charge < -0.3 is 0 Å². The van der Waals surface area contributed by atoms with Crippen molar-refractivity contribution in [1.82, 2.24) is 9.78 Å². The van der Waals surface area contributed by atoms with Crippen molar-refractivity contribution in [2.24, 2.45) is 0 Å². The molecule has 0 saturated heterocycles. The molecule has 0 bridgehead atoms. The lowest BCUT2D eigenvalue weighted by Crippen LogP contribution is -2.14. The third kappa shape index (κ3) is 3.60. The van der Waals surface area contributed by atoms with E-state index >= 15 is 0 Å². The summed E-state index contributed by atoms with van der Waals surface area (Å²) in [4.78, 5) is 0.104. The van der Waals surface area contributed by atoms with Crippen LogP contribution in [-0.2, 0) is 16.6 Å². The van der Waals surface area contributed by atoms with Gasteiger partial charge in [0.05, 0.1) is 4.90 Å². The molecule has 0 unspecified atom stereocenters. The Balaban J connectivity index is 2.06. The van der Waals surface area contributed by atoms with Crippen molar-refractivity contribution in [1.29, 1.82) is 0 Å². The minimum Gasteiger partial charge on any atom is -0.261 e. The van der Waals surface area contributed by atoms with Crippen molar-refractivity contribution in [3.05, 3.63) is 66.1 Å². The molecule has 0 aliphatic rings. The van der Waals surface area contributed by atoms with Crippen LogP contribution in [0.1, 0.15) is 5.56 Å². The molecule has 0 saturated carbocycles. The lowest BCUT2D eigenvalue weighted by Gasteiger charge is -2.08.